The summed E-state index contributed by atoms with van der Waals surface area (Å²) >= 11 is 0. The molecule has 2 rings (SSSR count). The highest BCUT2D eigenvalue weighted by atomic mass is 19.1. The summed E-state index contributed by atoms with van der Waals surface area (Å²) in [4.78, 5) is 0. The standard InChI is InChI=1S/C14H17FN2/c1-9(2)13-6-11(5-10(3)14(13)15)12-7-16-17(4)8-12/h5-9H,1-4H3. The summed E-state index contributed by atoms with van der Waals surface area (Å²) in [5.41, 5.74) is 3.51. The molecule has 90 valence electrons. The van der Waals surface area contributed by atoms with Gasteiger partial charge in [-0.15, -0.1) is 0 Å². The Morgan fingerprint density at radius 1 is 1.24 bits per heavy atom. The molecule has 0 spiro atoms. The first-order chi connectivity index (χ1) is 7.99. The number of aryl methyl sites for hydroxylation is 2. The van der Waals surface area contributed by atoms with Crippen molar-refractivity contribution in [2.75, 3.05) is 0 Å². The van der Waals surface area contributed by atoms with Gasteiger partial charge in [-0.2, -0.15) is 5.10 Å². The van der Waals surface area contributed by atoms with E-state index in [2.05, 4.69) is 5.10 Å². The zero-order chi connectivity index (χ0) is 12.6. The molecule has 0 saturated heterocycles. The molecule has 0 unspecified atom stereocenters. The van der Waals surface area contributed by atoms with E-state index in [0.717, 1.165) is 16.7 Å². The van der Waals surface area contributed by atoms with E-state index < -0.39 is 0 Å². The van der Waals surface area contributed by atoms with Gasteiger partial charge in [-0.1, -0.05) is 13.8 Å². The molecular weight excluding hydrogens is 215 g/mol. The highest BCUT2D eigenvalue weighted by molar-refractivity contribution is 5.64. The molecule has 0 aliphatic carbocycles. The van der Waals surface area contributed by atoms with Crippen molar-refractivity contribution in [2.45, 2.75) is 26.7 Å². The van der Waals surface area contributed by atoms with Gasteiger partial charge in [0.1, 0.15) is 5.82 Å². The Kier molecular flexibility index (Phi) is 3.01. The van der Waals surface area contributed by atoms with Crippen LogP contribution in [-0.4, -0.2) is 9.78 Å². The molecule has 0 saturated carbocycles. The Labute approximate surface area is 101 Å². The SMILES string of the molecule is Cc1cc(-c2cnn(C)c2)cc(C(C)C)c1F. The van der Waals surface area contributed by atoms with Crippen LogP contribution < -0.4 is 0 Å². The van der Waals surface area contributed by atoms with Gasteiger partial charge in [0.05, 0.1) is 6.20 Å². The van der Waals surface area contributed by atoms with E-state index in [1.807, 2.05) is 39.2 Å². The highest BCUT2D eigenvalue weighted by Gasteiger charge is 2.12. The molecule has 0 aliphatic heterocycles. The fraction of sp³-hybridized carbons (Fsp3) is 0.357. The Morgan fingerprint density at radius 3 is 2.47 bits per heavy atom. The average Bonchev–Trinajstić information content (AvgIpc) is 2.68. The molecular formula is C14H17FN2. The van der Waals surface area contributed by atoms with Gasteiger partial charge >= 0.3 is 0 Å². The number of benzene rings is 1. The Bertz CT molecular complexity index is 541. The first-order valence-electron chi connectivity index (χ1n) is 5.78. The summed E-state index contributed by atoms with van der Waals surface area (Å²) in [6.45, 7) is 5.82. The second kappa shape index (κ2) is 4.32. The highest BCUT2D eigenvalue weighted by Crippen LogP contribution is 2.28. The molecule has 0 aliphatic rings. The summed E-state index contributed by atoms with van der Waals surface area (Å²) in [7, 11) is 1.88. The summed E-state index contributed by atoms with van der Waals surface area (Å²) < 4.78 is 15.7. The molecule has 17 heavy (non-hydrogen) atoms. The largest absolute Gasteiger partial charge is 0.275 e. The van der Waals surface area contributed by atoms with Crippen molar-refractivity contribution >= 4 is 0 Å². The van der Waals surface area contributed by atoms with Crippen LogP contribution in [0, 0.1) is 12.7 Å². The van der Waals surface area contributed by atoms with Crippen molar-refractivity contribution < 1.29 is 4.39 Å². The molecule has 1 aromatic heterocycles. The van der Waals surface area contributed by atoms with Crippen LogP contribution in [0.2, 0.25) is 0 Å². The fourth-order valence-corrected chi connectivity index (χ4v) is 1.95. The number of hydrogen-bond donors (Lipinski definition) is 0. The Morgan fingerprint density at radius 2 is 1.94 bits per heavy atom. The van der Waals surface area contributed by atoms with Crippen molar-refractivity contribution in [3.8, 4) is 11.1 Å². The summed E-state index contributed by atoms with van der Waals surface area (Å²) in [6, 6.07) is 3.79. The molecule has 2 nitrogen and oxygen atoms in total. The molecule has 0 radical (unpaired) electrons. The van der Waals surface area contributed by atoms with E-state index >= 15 is 0 Å². The van der Waals surface area contributed by atoms with Crippen molar-refractivity contribution in [3.63, 3.8) is 0 Å². The van der Waals surface area contributed by atoms with Gasteiger partial charge in [0, 0.05) is 18.8 Å². The van der Waals surface area contributed by atoms with E-state index in [9.17, 15) is 4.39 Å². The molecule has 0 amide bonds. The van der Waals surface area contributed by atoms with Crippen LogP contribution in [-0.2, 0) is 7.05 Å². The van der Waals surface area contributed by atoms with Gasteiger partial charge in [0.25, 0.3) is 0 Å². The smallest absolute Gasteiger partial charge is 0.129 e. The second-order valence-electron chi connectivity index (χ2n) is 4.75. The van der Waals surface area contributed by atoms with Gasteiger partial charge in [0.15, 0.2) is 0 Å². The molecule has 0 atom stereocenters. The van der Waals surface area contributed by atoms with Crippen molar-refractivity contribution in [3.05, 3.63) is 41.5 Å². The predicted octanol–water partition coefficient (Wildman–Crippen LogP) is 3.66. The monoisotopic (exact) mass is 232 g/mol. The molecule has 2 aromatic rings. The van der Waals surface area contributed by atoms with Crippen molar-refractivity contribution in [2.24, 2.45) is 7.05 Å². The van der Waals surface area contributed by atoms with Crippen LogP contribution in [0.1, 0.15) is 30.9 Å². The predicted molar refractivity (Wildman–Crippen MR) is 67.4 cm³/mol. The molecule has 0 fully saturated rings. The number of halogens is 1. The minimum absolute atomic E-state index is 0.0901. The average molecular weight is 232 g/mol. The van der Waals surface area contributed by atoms with Crippen LogP contribution in [0.3, 0.4) is 0 Å². The molecule has 0 bridgehead atoms. The minimum Gasteiger partial charge on any atom is -0.275 e. The van der Waals surface area contributed by atoms with Crippen LogP contribution >= 0.6 is 0 Å². The molecule has 0 N–H and O–H groups in total. The number of hydrogen-bond acceptors (Lipinski definition) is 1. The quantitative estimate of drug-likeness (QED) is 0.772. The summed E-state index contributed by atoms with van der Waals surface area (Å²) in [6.07, 6.45) is 3.74. The van der Waals surface area contributed by atoms with E-state index in [1.54, 1.807) is 17.8 Å². The molecule has 1 aromatic carbocycles. The normalized spacial score (nSPS) is 11.2. The lowest BCUT2D eigenvalue weighted by molar-refractivity contribution is 0.590. The van der Waals surface area contributed by atoms with Crippen LogP contribution in [0.5, 0.6) is 0 Å². The topological polar surface area (TPSA) is 17.8 Å². The van der Waals surface area contributed by atoms with Crippen LogP contribution in [0.25, 0.3) is 11.1 Å². The number of rotatable bonds is 2. The number of aromatic nitrogens is 2. The third-order valence-corrected chi connectivity index (χ3v) is 2.94. The Balaban J connectivity index is 2.56. The van der Waals surface area contributed by atoms with Gasteiger partial charge in [-0.3, -0.25) is 4.68 Å². The van der Waals surface area contributed by atoms with E-state index in [0.29, 0.717) is 5.56 Å². The fourth-order valence-electron chi connectivity index (χ4n) is 1.95. The minimum atomic E-state index is -0.0901. The first kappa shape index (κ1) is 11.8. The third-order valence-electron chi connectivity index (χ3n) is 2.94. The second-order valence-corrected chi connectivity index (χ2v) is 4.75. The third kappa shape index (κ3) is 2.23. The van der Waals surface area contributed by atoms with E-state index in [1.165, 1.54) is 0 Å². The van der Waals surface area contributed by atoms with Crippen molar-refractivity contribution in [1.29, 1.82) is 0 Å². The van der Waals surface area contributed by atoms with Gasteiger partial charge in [0.2, 0.25) is 0 Å². The first-order valence-corrected chi connectivity index (χ1v) is 5.78. The van der Waals surface area contributed by atoms with Gasteiger partial charge < -0.3 is 0 Å². The van der Waals surface area contributed by atoms with Gasteiger partial charge in [-0.25, -0.2) is 4.39 Å². The van der Waals surface area contributed by atoms with Gasteiger partial charge in [-0.05, 0) is 41.7 Å². The van der Waals surface area contributed by atoms with Crippen LogP contribution in [0.4, 0.5) is 4.39 Å². The lowest BCUT2D eigenvalue weighted by Gasteiger charge is -2.11. The summed E-state index contributed by atoms with van der Waals surface area (Å²) in [5, 5.41) is 4.14. The number of nitrogens with zero attached hydrogens (tertiary/aromatic N) is 2. The summed E-state index contributed by atoms with van der Waals surface area (Å²) in [5.74, 6) is 0.0953. The maximum atomic E-state index is 13.9. The molecule has 3 heteroatoms. The zero-order valence-corrected chi connectivity index (χ0v) is 10.7. The van der Waals surface area contributed by atoms with E-state index in [4.69, 9.17) is 0 Å². The maximum absolute atomic E-state index is 13.9. The lowest BCUT2D eigenvalue weighted by Crippen LogP contribution is -1.97. The maximum Gasteiger partial charge on any atom is 0.129 e. The Hall–Kier alpha value is -1.64. The van der Waals surface area contributed by atoms with Crippen LogP contribution in [0.15, 0.2) is 24.5 Å². The zero-order valence-electron chi connectivity index (χ0n) is 10.7. The van der Waals surface area contributed by atoms with E-state index in [-0.39, 0.29) is 11.7 Å². The lowest BCUT2D eigenvalue weighted by atomic mass is 9.95. The molecule has 1 heterocycles. The van der Waals surface area contributed by atoms with Crippen molar-refractivity contribution in [1.82, 2.24) is 9.78 Å².